The van der Waals surface area contributed by atoms with Crippen LogP contribution < -0.4 is 10.9 Å². The summed E-state index contributed by atoms with van der Waals surface area (Å²) >= 11 is 1.69. The molecule has 0 atom stereocenters. The third-order valence-corrected chi connectivity index (χ3v) is 6.37. The van der Waals surface area contributed by atoms with E-state index in [4.69, 9.17) is 0 Å². The van der Waals surface area contributed by atoms with Gasteiger partial charge in [0.2, 0.25) is 5.91 Å². The van der Waals surface area contributed by atoms with Gasteiger partial charge in [-0.15, -0.1) is 0 Å². The first-order valence-electron chi connectivity index (χ1n) is 10.1. The molecule has 0 bridgehead atoms. The van der Waals surface area contributed by atoms with Crippen LogP contribution in [-0.2, 0) is 11.2 Å². The lowest BCUT2D eigenvalue weighted by Crippen LogP contribution is -2.18. The number of anilines is 1. The van der Waals surface area contributed by atoms with E-state index in [0.717, 1.165) is 16.1 Å². The van der Waals surface area contributed by atoms with Gasteiger partial charge < -0.3 is 10.3 Å². The van der Waals surface area contributed by atoms with Crippen LogP contribution in [-0.4, -0.2) is 10.9 Å². The van der Waals surface area contributed by atoms with Gasteiger partial charge in [-0.25, -0.2) is 0 Å². The third kappa shape index (κ3) is 5.44. The molecule has 0 saturated carbocycles. The molecule has 5 nitrogen and oxygen atoms in total. The molecule has 1 amide bonds. The molecule has 1 aromatic heterocycles. The van der Waals surface area contributed by atoms with Crippen molar-refractivity contribution in [1.82, 2.24) is 4.98 Å². The summed E-state index contributed by atoms with van der Waals surface area (Å²) in [6.45, 7) is 7.74. The fraction of sp³-hybridized carbons (Fsp3) is 0.240. The molecular weight excluding hydrogens is 406 g/mol. The van der Waals surface area contributed by atoms with Crippen LogP contribution in [0.2, 0.25) is 0 Å². The van der Waals surface area contributed by atoms with Gasteiger partial charge in [-0.05, 0) is 92.8 Å². The predicted molar refractivity (Wildman–Crippen MR) is 125 cm³/mol. The average Bonchev–Trinajstić information content (AvgIpc) is 2.72. The fourth-order valence-corrected chi connectivity index (χ4v) is 4.32. The molecule has 3 aromatic rings. The van der Waals surface area contributed by atoms with E-state index >= 15 is 0 Å². The van der Waals surface area contributed by atoms with Crippen molar-refractivity contribution in [3.05, 3.63) is 86.3 Å². The van der Waals surface area contributed by atoms with E-state index in [2.05, 4.69) is 42.3 Å². The standard InChI is InChI=1S/C25H25N3O2S/c1-15-5-8-21(13-16(15)2)31-20-9-6-19(7-10-20)28-24(29)12-11-22-17(3)23(14-26)25(30)27-18(22)4/h5-10,13H,11-12H2,1-4H3,(H,27,30)(H,28,29). The van der Waals surface area contributed by atoms with E-state index in [1.165, 1.54) is 16.0 Å². The van der Waals surface area contributed by atoms with Crippen molar-refractivity contribution in [2.45, 2.75) is 50.3 Å². The molecule has 2 aromatic carbocycles. The number of pyridine rings is 1. The number of H-pyrrole nitrogens is 1. The first-order valence-corrected chi connectivity index (χ1v) is 10.9. The highest BCUT2D eigenvalue weighted by Gasteiger charge is 2.13. The number of aryl methyl sites for hydroxylation is 3. The lowest BCUT2D eigenvalue weighted by atomic mass is 9.99. The molecule has 1 heterocycles. The topological polar surface area (TPSA) is 85.8 Å². The van der Waals surface area contributed by atoms with Crippen molar-refractivity contribution >= 4 is 23.4 Å². The zero-order chi connectivity index (χ0) is 22.5. The molecule has 158 valence electrons. The van der Waals surface area contributed by atoms with Crippen molar-refractivity contribution in [2.24, 2.45) is 0 Å². The number of nitrogens with zero attached hydrogens (tertiary/aromatic N) is 1. The summed E-state index contributed by atoms with van der Waals surface area (Å²) in [7, 11) is 0. The first kappa shape index (κ1) is 22.4. The zero-order valence-corrected chi connectivity index (χ0v) is 18.9. The lowest BCUT2D eigenvalue weighted by molar-refractivity contribution is -0.116. The quantitative estimate of drug-likeness (QED) is 0.561. The van der Waals surface area contributed by atoms with Gasteiger partial charge in [0.15, 0.2) is 0 Å². The van der Waals surface area contributed by atoms with E-state index in [1.807, 2.05) is 30.3 Å². The third-order valence-electron chi connectivity index (χ3n) is 5.37. The molecular formula is C25H25N3O2S. The SMILES string of the molecule is Cc1ccc(Sc2ccc(NC(=O)CCc3c(C)[nH]c(=O)c(C#N)c3C)cc2)cc1C. The van der Waals surface area contributed by atoms with Gasteiger partial charge in [0.05, 0.1) is 0 Å². The number of hydrogen-bond donors (Lipinski definition) is 2. The Morgan fingerprint density at radius 3 is 2.35 bits per heavy atom. The van der Waals surface area contributed by atoms with Gasteiger partial charge in [-0.1, -0.05) is 17.8 Å². The number of hydrogen-bond acceptors (Lipinski definition) is 4. The second kappa shape index (κ2) is 9.67. The minimum Gasteiger partial charge on any atom is -0.326 e. The van der Waals surface area contributed by atoms with Crippen LogP contribution in [0.5, 0.6) is 0 Å². The van der Waals surface area contributed by atoms with Crippen molar-refractivity contribution < 1.29 is 4.79 Å². The summed E-state index contributed by atoms with van der Waals surface area (Å²) < 4.78 is 0. The van der Waals surface area contributed by atoms with E-state index in [1.54, 1.807) is 25.6 Å². The highest BCUT2D eigenvalue weighted by atomic mass is 32.2. The number of benzene rings is 2. The monoisotopic (exact) mass is 431 g/mol. The highest BCUT2D eigenvalue weighted by molar-refractivity contribution is 7.99. The van der Waals surface area contributed by atoms with Gasteiger partial charge in [-0.2, -0.15) is 5.26 Å². The molecule has 2 N–H and O–H groups in total. The summed E-state index contributed by atoms with van der Waals surface area (Å²) in [6, 6.07) is 16.1. The summed E-state index contributed by atoms with van der Waals surface area (Å²) in [4.78, 5) is 29.2. The van der Waals surface area contributed by atoms with Gasteiger partial charge in [0.25, 0.3) is 5.56 Å². The second-order valence-electron chi connectivity index (χ2n) is 7.59. The molecule has 31 heavy (non-hydrogen) atoms. The molecule has 0 fully saturated rings. The molecule has 0 spiro atoms. The maximum atomic E-state index is 12.4. The summed E-state index contributed by atoms with van der Waals surface area (Å²) in [5, 5.41) is 12.1. The van der Waals surface area contributed by atoms with E-state index in [-0.39, 0.29) is 23.5 Å². The van der Waals surface area contributed by atoms with Crippen molar-refractivity contribution in [3.63, 3.8) is 0 Å². The normalized spacial score (nSPS) is 10.5. The summed E-state index contributed by atoms with van der Waals surface area (Å²) in [6.07, 6.45) is 0.716. The number of amides is 1. The zero-order valence-electron chi connectivity index (χ0n) is 18.1. The Morgan fingerprint density at radius 2 is 1.71 bits per heavy atom. The van der Waals surface area contributed by atoms with Crippen LogP contribution >= 0.6 is 11.8 Å². The maximum absolute atomic E-state index is 12.4. The van der Waals surface area contributed by atoms with Gasteiger partial charge in [0.1, 0.15) is 11.6 Å². The molecule has 0 saturated heterocycles. The molecule has 0 aliphatic carbocycles. The molecule has 3 rings (SSSR count). The minimum absolute atomic E-state index is 0.109. The van der Waals surface area contributed by atoms with Crippen LogP contribution in [0.25, 0.3) is 0 Å². The van der Waals surface area contributed by atoms with E-state index in [0.29, 0.717) is 17.7 Å². The van der Waals surface area contributed by atoms with E-state index < -0.39 is 0 Å². The fourth-order valence-electron chi connectivity index (χ4n) is 3.40. The Balaban J connectivity index is 1.61. The number of nitriles is 1. The molecule has 0 radical (unpaired) electrons. The minimum atomic E-state index is -0.385. The van der Waals surface area contributed by atoms with E-state index in [9.17, 15) is 14.9 Å². The highest BCUT2D eigenvalue weighted by Crippen LogP contribution is 2.30. The number of nitrogens with one attached hydrogen (secondary N) is 2. The Bertz CT molecular complexity index is 1220. The number of carbonyl (C=O) groups excluding carboxylic acids is 1. The van der Waals surface area contributed by atoms with Crippen LogP contribution in [0.4, 0.5) is 5.69 Å². The second-order valence-corrected chi connectivity index (χ2v) is 8.74. The average molecular weight is 432 g/mol. The largest absolute Gasteiger partial charge is 0.326 e. The van der Waals surface area contributed by atoms with Crippen LogP contribution in [0.1, 0.15) is 39.9 Å². The molecule has 0 aliphatic rings. The van der Waals surface area contributed by atoms with Crippen molar-refractivity contribution in [3.8, 4) is 6.07 Å². The Morgan fingerprint density at radius 1 is 1.03 bits per heavy atom. The number of rotatable bonds is 6. The maximum Gasteiger partial charge on any atom is 0.266 e. The van der Waals surface area contributed by atoms with Crippen LogP contribution in [0.15, 0.2) is 57.1 Å². The summed E-state index contributed by atoms with van der Waals surface area (Å²) in [5.41, 5.74) is 5.18. The van der Waals surface area contributed by atoms with Crippen molar-refractivity contribution in [2.75, 3.05) is 5.32 Å². The number of aromatic nitrogens is 1. The number of aromatic amines is 1. The Hall–Kier alpha value is -3.30. The molecule has 0 unspecified atom stereocenters. The van der Waals surface area contributed by atoms with Gasteiger partial charge in [-0.3, -0.25) is 9.59 Å². The Labute approximate surface area is 186 Å². The lowest BCUT2D eigenvalue weighted by Gasteiger charge is -2.11. The smallest absolute Gasteiger partial charge is 0.266 e. The molecule has 6 heteroatoms. The first-order chi connectivity index (χ1) is 14.8. The summed E-state index contributed by atoms with van der Waals surface area (Å²) in [5.74, 6) is -0.113. The van der Waals surface area contributed by atoms with Gasteiger partial charge in [0, 0.05) is 27.6 Å². The predicted octanol–water partition coefficient (Wildman–Crippen LogP) is 5.20. The molecule has 0 aliphatic heterocycles. The number of carbonyl (C=O) groups is 1. The van der Waals surface area contributed by atoms with Gasteiger partial charge >= 0.3 is 0 Å². The van der Waals surface area contributed by atoms with Crippen molar-refractivity contribution in [1.29, 1.82) is 5.26 Å². The van der Waals surface area contributed by atoms with Crippen LogP contribution in [0, 0.1) is 39.0 Å². The Kier molecular flexibility index (Phi) is 6.98. The van der Waals surface area contributed by atoms with Crippen LogP contribution in [0.3, 0.4) is 0 Å².